The van der Waals surface area contributed by atoms with Gasteiger partial charge in [0.1, 0.15) is 16.5 Å². The summed E-state index contributed by atoms with van der Waals surface area (Å²) in [6.07, 6.45) is 2.25. The number of hydrogen-bond donors (Lipinski definition) is 2. The fourth-order valence-corrected chi connectivity index (χ4v) is 10.4. The lowest BCUT2D eigenvalue weighted by Gasteiger charge is -2.28. The van der Waals surface area contributed by atoms with E-state index in [0.717, 1.165) is 13.0 Å². The summed E-state index contributed by atoms with van der Waals surface area (Å²) < 4.78 is 3.74. The Labute approximate surface area is 109 Å². The molecule has 3 nitrogen and oxygen atoms in total. The molecule has 0 rings (SSSR count). The Morgan fingerprint density at radius 2 is 1.53 bits per heavy atom. The SMILES string of the molecule is C=CC(=O)NCCC.C[Si](C)(C)N[Si](C)(C)C. The molecule has 0 fully saturated rings. The molecule has 0 saturated heterocycles. The molecule has 0 saturated carbocycles. The van der Waals surface area contributed by atoms with Gasteiger partial charge in [-0.05, 0) is 12.5 Å². The molecule has 0 heterocycles. The molecular formula is C12H30N2OSi2. The first-order valence-electron chi connectivity index (χ1n) is 6.21. The van der Waals surface area contributed by atoms with E-state index in [2.05, 4.69) is 55.8 Å². The van der Waals surface area contributed by atoms with Gasteiger partial charge in [-0.2, -0.15) is 0 Å². The fourth-order valence-electron chi connectivity index (χ4n) is 1.45. The molecule has 0 aliphatic heterocycles. The van der Waals surface area contributed by atoms with Crippen LogP contribution in [0.3, 0.4) is 0 Å². The minimum absolute atomic E-state index is 0.0909. The Morgan fingerprint density at radius 1 is 1.12 bits per heavy atom. The maximum absolute atomic E-state index is 10.3. The number of carbonyl (C=O) groups excluding carboxylic acids is 1. The lowest BCUT2D eigenvalue weighted by atomic mass is 10.4. The zero-order valence-corrected chi connectivity index (χ0v) is 14.6. The molecule has 0 atom stereocenters. The van der Waals surface area contributed by atoms with Crippen molar-refractivity contribution in [2.45, 2.75) is 52.6 Å². The van der Waals surface area contributed by atoms with Crippen LogP contribution in [0.5, 0.6) is 0 Å². The normalized spacial score (nSPS) is 11.2. The Hall–Kier alpha value is -0.396. The molecule has 0 aliphatic carbocycles. The van der Waals surface area contributed by atoms with E-state index in [4.69, 9.17) is 0 Å². The van der Waals surface area contributed by atoms with Crippen LogP contribution in [-0.4, -0.2) is 28.9 Å². The first-order chi connectivity index (χ1) is 7.52. The summed E-state index contributed by atoms with van der Waals surface area (Å²) in [5.41, 5.74) is 0. The highest BCUT2D eigenvalue weighted by molar-refractivity contribution is 6.90. The highest BCUT2D eigenvalue weighted by Gasteiger charge is 2.22. The van der Waals surface area contributed by atoms with Gasteiger partial charge in [-0.3, -0.25) is 4.79 Å². The molecule has 102 valence electrons. The van der Waals surface area contributed by atoms with Crippen LogP contribution in [-0.2, 0) is 4.79 Å². The van der Waals surface area contributed by atoms with Crippen LogP contribution in [0, 0.1) is 0 Å². The monoisotopic (exact) mass is 274 g/mol. The van der Waals surface area contributed by atoms with E-state index >= 15 is 0 Å². The van der Waals surface area contributed by atoms with E-state index in [1.165, 1.54) is 6.08 Å². The van der Waals surface area contributed by atoms with Gasteiger partial charge in [-0.25, -0.2) is 0 Å². The van der Waals surface area contributed by atoms with Crippen LogP contribution in [0.4, 0.5) is 0 Å². The van der Waals surface area contributed by atoms with Crippen molar-refractivity contribution in [3.8, 4) is 0 Å². The summed E-state index contributed by atoms with van der Waals surface area (Å²) in [5, 5.41) is 2.62. The van der Waals surface area contributed by atoms with E-state index < -0.39 is 16.5 Å². The van der Waals surface area contributed by atoms with E-state index in [1.807, 2.05) is 6.92 Å². The summed E-state index contributed by atoms with van der Waals surface area (Å²) in [6, 6.07) is 0. The summed E-state index contributed by atoms with van der Waals surface area (Å²) >= 11 is 0. The molecule has 17 heavy (non-hydrogen) atoms. The fraction of sp³-hybridized carbons (Fsp3) is 0.750. The zero-order chi connectivity index (χ0) is 14.1. The second-order valence-electron chi connectivity index (χ2n) is 6.12. The van der Waals surface area contributed by atoms with E-state index in [-0.39, 0.29) is 5.91 Å². The molecule has 0 bridgehead atoms. The summed E-state index contributed by atoms with van der Waals surface area (Å²) in [5.74, 6) is -0.0909. The summed E-state index contributed by atoms with van der Waals surface area (Å²) in [7, 11) is -1.96. The molecule has 2 N–H and O–H groups in total. The molecule has 0 unspecified atom stereocenters. The highest BCUT2D eigenvalue weighted by atomic mass is 28.4. The average molecular weight is 275 g/mol. The molecule has 0 radical (unpaired) electrons. The molecular weight excluding hydrogens is 244 g/mol. The van der Waals surface area contributed by atoms with Crippen molar-refractivity contribution in [3.63, 3.8) is 0 Å². The highest BCUT2D eigenvalue weighted by Crippen LogP contribution is 2.02. The molecule has 0 aliphatic rings. The zero-order valence-electron chi connectivity index (χ0n) is 12.6. The Morgan fingerprint density at radius 3 is 1.71 bits per heavy atom. The third kappa shape index (κ3) is 21.4. The number of rotatable bonds is 5. The van der Waals surface area contributed by atoms with Gasteiger partial charge in [-0.15, -0.1) is 0 Å². The maximum Gasteiger partial charge on any atom is 0.243 e. The van der Waals surface area contributed by atoms with Crippen molar-refractivity contribution < 1.29 is 4.79 Å². The molecule has 0 aromatic carbocycles. The second-order valence-corrected chi connectivity index (χ2v) is 16.1. The Kier molecular flexibility index (Phi) is 9.66. The van der Waals surface area contributed by atoms with Crippen LogP contribution in [0.15, 0.2) is 12.7 Å². The van der Waals surface area contributed by atoms with Crippen LogP contribution < -0.4 is 9.96 Å². The van der Waals surface area contributed by atoms with Crippen molar-refractivity contribution in [1.29, 1.82) is 0 Å². The summed E-state index contributed by atoms with van der Waals surface area (Å²) in [4.78, 5) is 10.3. The second kappa shape index (κ2) is 8.66. The number of amides is 1. The number of carbonyl (C=O) groups is 1. The van der Waals surface area contributed by atoms with Gasteiger partial charge in [-0.1, -0.05) is 52.8 Å². The van der Waals surface area contributed by atoms with Crippen molar-refractivity contribution in [1.82, 2.24) is 9.96 Å². The summed E-state index contributed by atoms with van der Waals surface area (Å²) in [6.45, 7) is 20.2. The van der Waals surface area contributed by atoms with Crippen molar-refractivity contribution in [3.05, 3.63) is 12.7 Å². The molecule has 0 aromatic heterocycles. The van der Waals surface area contributed by atoms with Crippen molar-refractivity contribution in [2.75, 3.05) is 6.54 Å². The van der Waals surface area contributed by atoms with Gasteiger partial charge in [0.05, 0.1) is 0 Å². The first-order valence-corrected chi connectivity index (χ1v) is 13.2. The van der Waals surface area contributed by atoms with Gasteiger partial charge in [0.25, 0.3) is 0 Å². The quantitative estimate of drug-likeness (QED) is 0.598. The van der Waals surface area contributed by atoms with Gasteiger partial charge in [0.2, 0.25) is 5.91 Å². The van der Waals surface area contributed by atoms with E-state index in [0.29, 0.717) is 0 Å². The van der Waals surface area contributed by atoms with Gasteiger partial charge < -0.3 is 9.96 Å². The smallest absolute Gasteiger partial charge is 0.243 e. The minimum atomic E-state index is -0.981. The van der Waals surface area contributed by atoms with E-state index in [9.17, 15) is 4.79 Å². The Balaban J connectivity index is 0. The lowest BCUT2D eigenvalue weighted by Crippen LogP contribution is -2.55. The third-order valence-corrected chi connectivity index (χ3v) is 7.48. The molecule has 0 aromatic rings. The lowest BCUT2D eigenvalue weighted by molar-refractivity contribution is -0.116. The largest absolute Gasteiger partial charge is 0.360 e. The average Bonchev–Trinajstić information content (AvgIpc) is 2.09. The first kappa shape index (κ1) is 19.0. The predicted molar refractivity (Wildman–Crippen MR) is 83.3 cm³/mol. The van der Waals surface area contributed by atoms with Crippen molar-refractivity contribution >= 4 is 22.4 Å². The van der Waals surface area contributed by atoms with Crippen LogP contribution in [0.25, 0.3) is 0 Å². The predicted octanol–water partition coefficient (Wildman–Crippen LogP) is 2.94. The number of nitrogens with one attached hydrogen (secondary N) is 2. The topological polar surface area (TPSA) is 41.1 Å². The third-order valence-electron chi connectivity index (χ3n) is 1.48. The molecule has 0 spiro atoms. The van der Waals surface area contributed by atoms with Gasteiger partial charge >= 0.3 is 0 Å². The Bertz CT molecular complexity index is 218. The van der Waals surface area contributed by atoms with Gasteiger partial charge in [0, 0.05) is 6.54 Å². The van der Waals surface area contributed by atoms with Crippen molar-refractivity contribution in [2.24, 2.45) is 0 Å². The van der Waals surface area contributed by atoms with Crippen LogP contribution >= 0.6 is 0 Å². The van der Waals surface area contributed by atoms with Crippen LogP contribution in [0.2, 0.25) is 39.3 Å². The van der Waals surface area contributed by atoms with E-state index in [1.54, 1.807) is 0 Å². The molecule has 5 heteroatoms. The molecule has 1 amide bonds. The standard InChI is InChI=1S/C6H11NO.C6H19NSi2/c1-3-5-7-6(8)4-2;1-8(2,3)7-9(4,5)6/h4H,2-3,5H2,1H3,(H,7,8);7H,1-6H3. The van der Waals surface area contributed by atoms with Gasteiger partial charge in [0.15, 0.2) is 0 Å². The maximum atomic E-state index is 10.3. The minimum Gasteiger partial charge on any atom is -0.360 e. The number of hydrogen-bond acceptors (Lipinski definition) is 2. The van der Waals surface area contributed by atoms with Crippen LogP contribution in [0.1, 0.15) is 13.3 Å².